The van der Waals surface area contributed by atoms with Gasteiger partial charge in [0, 0.05) is 20.3 Å². The van der Waals surface area contributed by atoms with E-state index in [4.69, 9.17) is 0 Å². The second-order valence-corrected chi connectivity index (χ2v) is 7.08. The Hall–Kier alpha value is -0.710. The first-order valence-electron chi connectivity index (χ1n) is 6.75. The molecule has 0 bridgehead atoms. The van der Waals surface area contributed by atoms with Crippen LogP contribution in [0.1, 0.15) is 33.8 Å². The fourth-order valence-corrected chi connectivity index (χ4v) is 3.74. The smallest absolute Gasteiger partial charge is 0.123 e. The topological polar surface area (TPSA) is 12.0 Å². The van der Waals surface area contributed by atoms with Crippen molar-refractivity contribution in [2.45, 2.75) is 33.2 Å². The Morgan fingerprint density at radius 1 is 1.30 bits per heavy atom. The van der Waals surface area contributed by atoms with E-state index in [9.17, 15) is 4.39 Å². The molecule has 0 radical (unpaired) electrons. The first kappa shape index (κ1) is 15.7. The average molecular weight is 356 g/mol. The quantitative estimate of drug-likeness (QED) is 0.780. The number of hydrogen-bond acceptors (Lipinski definition) is 2. The van der Waals surface area contributed by atoms with E-state index >= 15 is 0 Å². The van der Waals surface area contributed by atoms with E-state index in [0.29, 0.717) is 0 Å². The monoisotopic (exact) mass is 355 g/mol. The molecule has 0 aliphatic heterocycles. The highest BCUT2D eigenvalue weighted by atomic mass is 79.9. The second kappa shape index (κ2) is 6.83. The van der Waals surface area contributed by atoms with Gasteiger partial charge in [0.05, 0.1) is 0 Å². The third kappa shape index (κ3) is 3.68. The third-order valence-electron chi connectivity index (χ3n) is 3.41. The lowest BCUT2D eigenvalue weighted by Gasteiger charge is -2.17. The van der Waals surface area contributed by atoms with Crippen LogP contribution in [-0.4, -0.2) is 6.54 Å². The van der Waals surface area contributed by atoms with E-state index in [1.54, 1.807) is 12.1 Å². The summed E-state index contributed by atoms with van der Waals surface area (Å²) < 4.78 is 14.4. The van der Waals surface area contributed by atoms with Gasteiger partial charge in [0.1, 0.15) is 5.82 Å². The molecule has 2 rings (SSSR count). The minimum atomic E-state index is -0.183. The molecule has 0 saturated heterocycles. The fourth-order valence-electron chi connectivity index (χ4n) is 2.21. The van der Waals surface area contributed by atoms with E-state index in [0.717, 1.165) is 23.0 Å². The maximum atomic E-state index is 13.4. The Labute approximate surface area is 132 Å². The van der Waals surface area contributed by atoms with Crippen molar-refractivity contribution in [3.63, 3.8) is 0 Å². The molecule has 2 aromatic rings. The third-order valence-corrected chi connectivity index (χ3v) is 5.45. The molecule has 1 nitrogen and oxygen atoms in total. The molecule has 1 aromatic carbocycles. The minimum Gasteiger partial charge on any atom is -0.309 e. The molecule has 1 atom stereocenters. The summed E-state index contributed by atoms with van der Waals surface area (Å²) >= 11 is 5.33. The number of thiophene rings is 1. The van der Waals surface area contributed by atoms with Crippen LogP contribution in [0.5, 0.6) is 0 Å². The van der Waals surface area contributed by atoms with Gasteiger partial charge < -0.3 is 5.32 Å². The van der Waals surface area contributed by atoms with Crippen LogP contribution in [-0.2, 0) is 6.42 Å². The van der Waals surface area contributed by atoms with Crippen molar-refractivity contribution in [1.82, 2.24) is 5.32 Å². The molecule has 0 spiro atoms. The van der Waals surface area contributed by atoms with E-state index < -0.39 is 0 Å². The number of rotatable bonds is 5. The molecule has 1 heterocycles. The normalized spacial score (nSPS) is 12.7. The highest BCUT2D eigenvalue weighted by Gasteiger charge is 2.16. The van der Waals surface area contributed by atoms with Crippen molar-refractivity contribution in [3.8, 4) is 0 Å². The molecule has 1 unspecified atom stereocenters. The average Bonchev–Trinajstić information content (AvgIpc) is 2.73. The maximum Gasteiger partial charge on any atom is 0.123 e. The SMILES string of the molecule is CCNC(Cc1cc(F)ccc1Br)c1cc(C)c(C)s1. The number of nitrogens with one attached hydrogen (secondary N) is 1. The van der Waals surface area contributed by atoms with Gasteiger partial charge in [-0.15, -0.1) is 11.3 Å². The Kier molecular flexibility index (Phi) is 5.35. The summed E-state index contributed by atoms with van der Waals surface area (Å²) in [6.07, 6.45) is 0.783. The highest BCUT2D eigenvalue weighted by Crippen LogP contribution is 2.30. The van der Waals surface area contributed by atoms with Gasteiger partial charge in [-0.25, -0.2) is 4.39 Å². The summed E-state index contributed by atoms with van der Waals surface area (Å²) in [5.74, 6) is -0.183. The van der Waals surface area contributed by atoms with Crippen LogP contribution >= 0.6 is 27.3 Å². The van der Waals surface area contributed by atoms with Crippen molar-refractivity contribution in [2.75, 3.05) is 6.54 Å². The number of benzene rings is 1. The summed E-state index contributed by atoms with van der Waals surface area (Å²) in [4.78, 5) is 2.67. The molecule has 0 aliphatic carbocycles. The predicted octanol–water partition coefficient (Wildman–Crippen LogP) is 5.16. The Morgan fingerprint density at radius 3 is 2.65 bits per heavy atom. The molecule has 108 valence electrons. The zero-order chi connectivity index (χ0) is 14.7. The summed E-state index contributed by atoms with van der Waals surface area (Å²) in [7, 11) is 0. The van der Waals surface area contributed by atoms with Crippen LogP contribution in [0.4, 0.5) is 4.39 Å². The van der Waals surface area contributed by atoms with Gasteiger partial charge in [-0.05, 0) is 62.2 Å². The van der Waals surface area contributed by atoms with E-state index in [2.05, 4.69) is 48.1 Å². The van der Waals surface area contributed by atoms with Crippen LogP contribution in [0.3, 0.4) is 0 Å². The van der Waals surface area contributed by atoms with Gasteiger partial charge in [-0.3, -0.25) is 0 Å². The minimum absolute atomic E-state index is 0.183. The Bertz CT molecular complexity index is 575. The first-order chi connectivity index (χ1) is 9.51. The van der Waals surface area contributed by atoms with E-state index in [-0.39, 0.29) is 11.9 Å². The van der Waals surface area contributed by atoms with Crippen molar-refractivity contribution in [1.29, 1.82) is 0 Å². The molecule has 1 aromatic heterocycles. The zero-order valence-corrected chi connectivity index (χ0v) is 14.4. The molecular weight excluding hydrogens is 337 g/mol. The molecule has 20 heavy (non-hydrogen) atoms. The summed E-state index contributed by atoms with van der Waals surface area (Å²) in [5.41, 5.74) is 2.32. The lowest BCUT2D eigenvalue weighted by Crippen LogP contribution is -2.22. The number of halogens is 2. The predicted molar refractivity (Wildman–Crippen MR) is 88.0 cm³/mol. The highest BCUT2D eigenvalue weighted by molar-refractivity contribution is 9.10. The van der Waals surface area contributed by atoms with Crippen molar-refractivity contribution in [2.24, 2.45) is 0 Å². The van der Waals surface area contributed by atoms with Crippen LogP contribution < -0.4 is 5.32 Å². The Morgan fingerprint density at radius 2 is 2.05 bits per heavy atom. The van der Waals surface area contributed by atoms with Crippen molar-refractivity contribution >= 4 is 27.3 Å². The molecule has 1 N–H and O–H groups in total. The molecule has 0 fully saturated rings. The molecule has 4 heteroatoms. The van der Waals surface area contributed by atoms with Gasteiger partial charge in [0.15, 0.2) is 0 Å². The summed E-state index contributed by atoms with van der Waals surface area (Å²) in [6.45, 7) is 7.27. The first-order valence-corrected chi connectivity index (χ1v) is 8.36. The van der Waals surface area contributed by atoms with Crippen molar-refractivity contribution in [3.05, 3.63) is 55.4 Å². The molecular formula is C16H19BrFNS. The van der Waals surface area contributed by atoms with E-state index in [1.807, 2.05) is 11.3 Å². The Balaban J connectivity index is 2.27. The van der Waals surface area contributed by atoms with Crippen molar-refractivity contribution < 1.29 is 4.39 Å². The van der Waals surface area contributed by atoms with Gasteiger partial charge in [0.25, 0.3) is 0 Å². The summed E-state index contributed by atoms with van der Waals surface area (Å²) in [6, 6.07) is 7.34. The van der Waals surface area contributed by atoms with Gasteiger partial charge >= 0.3 is 0 Å². The van der Waals surface area contributed by atoms with E-state index in [1.165, 1.54) is 21.4 Å². The lowest BCUT2D eigenvalue weighted by atomic mass is 10.0. The van der Waals surface area contributed by atoms with Crippen LogP contribution in [0.15, 0.2) is 28.7 Å². The number of likely N-dealkylation sites (N-methyl/N-ethyl adjacent to an activating group) is 1. The van der Waals surface area contributed by atoms with Gasteiger partial charge in [-0.2, -0.15) is 0 Å². The lowest BCUT2D eigenvalue weighted by molar-refractivity contribution is 0.553. The van der Waals surface area contributed by atoms with Crippen LogP contribution in [0.2, 0.25) is 0 Å². The molecule has 0 saturated carbocycles. The maximum absolute atomic E-state index is 13.4. The number of hydrogen-bond donors (Lipinski definition) is 1. The largest absolute Gasteiger partial charge is 0.309 e. The van der Waals surface area contributed by atoms with Gasteiger partial charge in [0.2, 0.25) is 0 Å². The van der Waals surface area contributed by atoms with Crippen LogP contribution in [0, 0.1) is 19.7 Å². The molecule has 0 amide bonds. The van der Waals surface area contributed by atoms with Gasteiger partial charge in [-0.1, -0.05) is 22.9 Å². The number of aryl methyl sites for hydroxylation is 2. The molecule has 0 aliphatic rings. The standard InChI is InChI=1S/C16H19BrFNS/c1-4-19-15(16-7-10(2)11(3)20-16)9-12-8-13(18)5-6-14(12)17/h5-8,15,19H,4,9H2,1-3H3. The zero-order valence-electron chi connectivity index (χ0n) is 12.0. The fraction of sp³-hybridized carbons (Fsp3) is 0.375. The summed E-state index contributed by atoms with van der Waals surface area (Å²) in [5, 5.41) is 3.50. The second-order valence-electron chi connectivity index (χ2n) is 4.94. The van der Waals surface area contributed by atoms with Crippen LogP contribution in [0.25, 0.3) is 0 Å².